The molecule has 0 aliphatic heterocycles. The van der Waals surface area contributed by atoms with Crippen LogP contribution >= 0.6 is 0 Å². The largest absolute Gasteiger partial charge is 0.496 e. The Kier molecular flexibility index (Phi) is 12.4. The zero-order chi connectivity index (χ0) is 23.9. The minimum absolute atomic E-state index is 0.595. The lowest BCUT2D eigenvalue weighted by Crippen LogP contribution is -2.89. The van der Waals surface area contributed by atoms with Gasteiger partial charge in [-0.25, -0.2) is 0 Å². The number of hydrogen-bond donors (Lipinski definition) is 0. The third-order valence-corrected chi connectivity index (χ3v) is 83.5. The summed E-state index contributed by atoms with van der Waals surface area (Å²) in [6.07, 6.45) is -1.53. The Bertz CT molecular complexity index is 695. The maximum Gasteiger partial charge on any atom is 0.354 e. The summed E-state index contributed by atoms with van der Waals surface area (Å²) in [6.45, 7) is 4.83. The van der Waals surface area contributed by atoms with Gasteiger partial charge in [0, 0.05) is 80.8 Å². The summed E-state index contributed by atoms with van der Waals surface area (Å²) < 4.78 is 30.2. The Morgan fingerprint density at radius 2 is 1.39 bits per heavy atom. The van der Waals surface area contributed by atoms with Crippen LogP contribution in [-0.2, 0) is 19.7 Å². The summed E-state index contributed by atoms with van der Waals surface area (Å²) in [4.78, 5) is 0. The van der Waals surface area contributed by atoms with Gasteiger partial charge in [-0.3, -0.25) is 0 Å². The molecule has 0 aromatic heterocycles. The van der Waals surface area contributed by atoms with Crippen LogP contribution in [0.5, 0.6) is 11.5 Å². The second-order valence-electron chi connectivity index (χ2n) is 7.06. The van der Waals surface area contributed by atoms with Gasteiger partial charge in [0.25, 0.3) is 0 Å². The Morgan fingerprint density at radius 1 is 0.839 bits per heavy atom. The van der Waals surface area contributed by atoms with E-state index in [0.29, 0.717) is 19.8 Å². The molecule has 0 aliphatic rings. The molecule has 0 saturated carbocycles. The van der Waals surface area contributed by atoms with Gasteiger partial charge < -0.3 is 22.8 Å². The van der Waals surface area contributed by atoms with Crippen LogP contribution < -0.4 is 9.47 Å². The molecule has 1 unspecified atom stereocenters. The molecule has 0 bridgehead atoms. The standard InChI is InChI=1S/C17H30O5Si9/c1-7-20-28(21-8-2)29(31(25,26)27,30(23,24)22-9-3)11-10-15-12-14(4)16(18-5)13-17(15)19-6/h12-13H,7-11H2,1-6H3. The Balaban J connectivity index is 3.59. The molecule has 14 heteroatoms. The Labute approximate surface area is 208 Å². The lowest BCUT2D eigenvalue weighted by atomic mass is 10.1. The van der Waals surface area contributed by atoms with E-state index in [2.05, 4.69) is 54.9 Å². The van der Waals surface area contributed by atoms with Crippen LogP contribution in [0.3, 0.4) is 0 Å². The predicted molar refractivity (Wildman–Crippen MR) is 139 cm³/mol. The molecule has 0 aliphatic carbocycles. The molecule has 0 N–H and O–H groups in total. The molecular weight excluding hydrogens is 537 g/mol. The van der Waals surface area contributed by atoms with Gasteiger partial charge in [0.05, 0.1) is 14.2 Å². The molecule has 31 heavy (non-hydrogen) atoms. The van der Waals surface area contributed by atoms with Crippen molar-refractivity contribution >= 4 is 77.2 Å². The third kappa shape index (κ3) is 6.84. The lowest BCUT2D eigenvalue weighted by molar-refractivity contribution is 0.229. The normalized spacial score (nSPS) is 14.6. The van der Waals surface area contributed by atoms with Gasteiger partial charge in [-0.2, -0.15) is 0 Å². The summed E-state index contributed by atoms with van der Waals surface area (Å²) in [7, 11) is 22.2. The van der Waals surface area contributed by atoms with E-state index in [-0.39, 0.29) is 0 Å². The quantitative estimate of drug-likeness (QED) is 0.308. The van der Waals surface area contributed by atoms with Crippen LogP contribution in [0.25, 0.3) is 0 Å². The minimum Gasteiger partial charge on any atom is -0.496 e. The smallest absolute Gasteiger partial charge is 0.354 e. The van der Waals surface area contributed by atoms with E-state index in [1.54, 1.807) is 14.2 Å². The number of benzene rings is 1. The van der Waals surface area contributed by atoms with Crippen LogP contribution in [0.1, 0.15) is 31.9 Å². The van der Waals surface area contributed by atoms with E-state index in [1.165, 1.54) is 0 Å². The van der Waals surface area contributed by atoms with Gasteiger partial charge in [0.1, 0.15) is 25.0 Å². The fourth-order valence-corrected chi connectivity index (χ4v) is 97.7. The van der Waals surface area contributed by atoms with Crippen molar-refractivity contribution < 1.29 is 22.8 Å². The van der Waals surface area contributed by atoms with Gasteiger partial charge in [-0.15, -0.1) is 0 Å². The second kappa shape index (κ2) is 12.9. The van der Waals surface area contributed by atoms with E-state index >= 15 is 0 Å². The molecule has 164 valence electrons. The highest BCUT2D eigenvalue weighted by Crippen LogP contribution is 2.35. The van der Waals surface area contributed by atoms with Crippen LogP contribution in [0.15, 0.2) is 12.1 Å². The first-order valence-corrected chi connectivity index (χ1v) is 28.1. The number of hydrogen-bond acceptors (Lipinski definition) is 5. The van der Waals surface area contributed by atoms with Gasteiger partial charge in [0.2, 0.25) is 0 Å². The number of methoxy groups -OCH3 is 2. The lowest BCUT2D eigenvalue weighted by Gasteiger charge is -2.52. The predicted octanol–water partition coefficient (Wildman–Crippen LogP) is 0.557. The zero-order valence-electron chi connectivity index (χ0n) is 19.2. The van der Waals surface area contributed by atoms with E-state index < -0.39 is 28.4 Å². The molecule has 0 fully saturated rings. The molecule has 5 nitrogen and oxygen atoms in total. The van der Waals surface area contributed by atoms with Crippen molar-refractivity contribution in [3.05, 3.63) is 23.3 Å². The van der Waals surface area contributed by atoms with Crippen molar-refractivity contribution in [2.24, 2.45) is 0 Å². The monoisotopic (exact) mass is 566 g/mol. The Hall–Kier alpha value is 0.652. The van der Waals surface area contributed by atoms with Crippen molar-refractivity contribution in [3.8, 4) is 11.5 Å². The first kappa shape index (κ1) is 29.7. The van der Waals surface area contributed by atoms with Crippen molar-refractivity contribution in [3.63, 3.8) is 0 Å². The fraction of sp³-hybridized carbons (Fsp3) is 0.647. The Morgan fingerprint density at radius 3 is 1.81 bits per heavy atom. The molecule has 1 rings (SSSR count). The summed E-state index contributed by atoms with van der Waals surface area (Å²) >= 11 is 0. The molecule has 1 aromatic carbocycles. The average Bonchev–Trinajstić information content (AvgIpc) is 2.67. The minimum atomic E-state index is -2.57. The van der Waals surface area contributed by atoms with Gasteiger partial charge >= 0.3 is 8.80 Å². The molecule has 1 atom stereocenters. The zero-order valence-corrected chi connectivity index (χ0v) is 28.2. The molecule has 0 spiro atoms. The van der Waals surface area contributed by atoms with Crippen molar-refractivity contribution in [1.82, 2.24) is 0 Å². The van der Waals surface area contributed by atoms with E-state index in [0.717, 1.165) is 35.1 Å². The maximum atomic E-state index is 6.38. The van der Waals surface area contributed by atoms with E-state index in [1.807, 2.05) is 33.8 Å². The molecule has 0 saturated heterocycles. The van der Waals surface area contributed by atoms with Crippen molar-refractivity contribution in [1.29, 1.82) is 0 Å². The SMILES string of the molecule is CCO[Si](OCC)[Si](CCc1cc(C)c(OC)cc1OC)([Si]([Si])([Si])[Si])[Si]([Si])([Si])OCC. The van der Waals surface area contributed by atoms with Crippen molar-refractivity contribution in [2.75, 3.05) is 34.0 Å². The van der Waals surface area contributed by atoms with Gasteiger partial charge in [0.15, 0.2) is 0 Å². The van der Waals surface area contributed by atoms with Gasteiger partial charge in [-0.1, -0.05) is 6.04 Å². The highest BCUT2D eigenvalue weighted by atomic mass is 30.4. The molecule has 1 aromatic rings. The molecule has 0 heterocycles. The van der Waals surface area contributed by atoms with Crippen LogP contribution in [0, 0.1) is 6.92 Å². The number of aryl methyl sites for hydroxylation is 2. The van der Waals surface area contributed by atoms with E-state index in [9.17, 15) is 0 Å². The topological polar surface area (TPSA) is 46.2 Å². The highest BCUT2D eigenvalue weighted by molar-refractivity contribution is 8.11. The summed E-state index contributed by atoms with van der Waals surface area (Å²) in [5, 5.41) is 0. The van der Waals surface area contributed by atoms with E-state index in [4.69, 9.17) is 22.8 Å². The molecular formula is C17H30O5Si9. The first-order valence-electron chi connectivity index (χ1n) is 10.2. The number of ether oxygens (including phenoxy) is 2. The summed E-state index contributed by atoms with van der Waals surface area (Å²) in [6, 6.07) is 4.98. The van der Waals surface area contributed by atoms with Crippen molar-refractivity contribution in [2.45, 2.75) is 40.2 Å². The van der Waals surface area contributed by atoms with Crippen LogP contribution in [-0.4, -0.2) is 111 Å². The number of rotatable bonds is 14. The fourth-order valence-electron chi connectivity index (χ4n) is 3.57. The van der Waals surface area contributed by atoms with Crippen LogP contribution in [0.4, 0.5) is 0 Å². The summed E-state index contributed by atoms with van der Waals surface area (Å²) in [5.41, 5.74) is 2.21. The summed E-state index contributed by atoms with van der Waals surface area (Å²) in [5.74, 6) is 1.64. The molecule has 16 radical (unpaired) electrons. The maximum absolute atomic E-state index is 6.38. The van der Waals surface area contributed by atoms with Gasteiger partial charge in [-0.05, 0) is 51.3 Å². The highest BCUT2D eigenvalue weighted by Gasteiger charge is 2.65. The second-order valence-corrected chi connectivity index (χ2v) is 55.9. The average molecular weight is 567 g/mol. The van der Waals surface area contributed by atoms with Crippen LogP contribution in [0.2, 0.25) is 6.04 Å². The third-order valence-electron chi connectivity index (χ3n) is 5.07. The first-order chi connectivity index (χ1) is 14.4. The molecule has 0 amide bonds.